The van der Waals surface area contributed by atoms with E-state index in [1.807, 2.05) is 17.9 Å². The lowest BCUT2D eigenvalue weighted by atomic mass is 9.94. The van der Waals surface area contributed by atoms with Crippen molar-refractivity contribution in [3.63, 3.8) is 0 Å². The van der Waals surface area contributed by atoms with Gasteiger partial charge in [0.25, 0.3) is 0 Å². The minimum Gasteiger partial charge on any atom is -0.389 e. The summed E-state index contributed by atoms with van der Waals surface area (Å²) in [5.74, 6) is -0.578. The molecular weight excluding hydrogens is 319 g/mol. The number of rotatable bonds is 2. The molecule has 1 atom stereocenters. The molecule has 1 fully saturated rings. The third kappa shape index (κ3) is 2.47. The number of hydrazone groups is 1. The van der Waals surface area contributed by atoms with Crippen LogP contribution in [0.2, 0.25) is 0 Å². The quantitative estimate of drug-likeness (QED) is 0.872. The standard InChI is InChI=1S/C15H15FN4O2S/c1-7-2-12(22)18-19-13(7)8-3-10(16)14-11(4-8)23-15(17-14)20-5-9(21)6-20/h3-4,7,9,21H,2,5-6H2,1H3,(H,18,22). The van der Waals surface area contributed by atoms with Crippen LogP contribution in [-0.4, -0.2) is 40.9 Å². The highest BCUT2D eigenvalue weighted by atomic mass is 32.1. The van der Waals surface area contributed by atoms with E-state index in [1.165, 1.54) is 17.4 Å². The molecule has 1 aromatic heterocycles. The number of nitrogens with one attached hydrogen (secondary N) is 1. The smallest absolute Gasteiger partial charge is 0.240 e. The van der Waals surface area contributed by atoms with E-state index in [2.05, 4.69) is 15.5 Å². The number of halogens is 1. The van der Waals surface area contributed by atoms with Gasteiger partial charge in [-0.2, -0.15) is 5.10 Å². The van der Waals surface area contributed by atoms with Crippen molar-refractivity contribution >= 4 is 38.3 Å². The van der Waals surface area contributed by atoms with Crippen molar-refractivity contribution in [2.24, 2.45) is 11.0 Å². The first-order chi connectivity index (χ1) is 11.0. The summed E-state index contributed by atoms with van der Waals surface area (Å²) in [6.07, 6.45) is 0.0152. The maximum Gasteiger partial charge on any atom is 0.240 e. The fraction of sp³-hybridized carbons (Fsp3) is 0.400. The summed E-state index contributed by atoms with van der Waals surface area (Å²) in [4.78, 5) is 17.6. The van der Waals surface area contributed by atoms with E-state index < -0.39 is 5.82 Å². The summed E-state index contributed by atoms with van der Waals surface area (Å²) in [6, 6.07) is 3.28. The lowest BCUT2D eigenvalue weighted by Crippen LogP contribution is -2.50. The molecule has 2 aliphatic rings. The molecule has 0 saturated carbocycles. The number of hydrogen-bond acceptors (Lipinski definition) is 6. The number of anilines is 1. The highest BCUT2D eigenvalue weighted by molar-refractivity contribution is 7.22. The van der Waals surface area contributed by atoms with Gasteiger partial charge in [-0.1, -0.05) is 18.3 Å². The van der Waals surface area contributed by atoms with Gasteiger partial charge >= 0.3 is 0 Å². The number of thiazole rings is 1. The average Bonchev–Trinajstić information content (AvgIpc) is 2.88. The molecule has 0 spiro atoms. The normalized spacial score (nSPS) is 22.0. The van der Waals surface area contributed by atoms with Crippen LogP contribution in [-0.2, 0) is 4.79 Å². The lowest BCUT2D eigenvalue weighted by molar-refractivity contribution is -0.121. The SMILES string of the molecule is CC1CC(=O)NN=C1c1cc(F)c2nc(N3CC(O)C3)sc2c1. The van der Waals surface area contributed by atoms with Gasteiger partial charge in [0.05, 0.1) is 16.5 Å². The molecular formula is C15H15FN4O2S. The second kappa shape index (κ2) is 5.24. The highest BCUT2D eigenvalue weighted by Crippen LogP contribution is 2.34. The molecule has 1 saturated heterocycles. The van der Waals surface area contributed by atoms with Crippen LogP contribution in [0.3, 0.4) is 0 Å². The number of aliphatic hydroxyl groups excluding tert-OH is 1. The van der Waals surface area contributed by atoms with E-state index in [1.54, 1.807) is 0 Å². The van der Waals surface area contributed by atoms with Crippen LogP contribution in [0.4, 0.5) is 9.52 Å². The fourth-order valence-corrected chi connectivity index (χ4v) is 3.91. The minimum absolute atomic E-state index is 0.0569. The van der Waals surface area contributed by atoms with E-state index >= 15 is 0 Å². The number of fused-ring (bicyclic) bond motifs is 1. The summed E-state index contributed by atoms with van der Waals surface area (Å²) in [5, 5.41) is 14.2. The molecule has 0 radical (unpaired) electrons. The number of amides is 1. The minimum atomic E-state index is -0.395. The molecule has 0 aliphatic carbocycles. The van der Waals surface area contributed by atoms with Crippen LogP contribution >= 0.6 is 11.3 Å². The summed E-state index contributed by atoms with van der Waals surface area (Å²) < 4.78 is 15.2. The van der Waals surface area contributed by atoms with Gasteiger partial charge < -0.3 is 10.0 Å². The lowest BCUT2D eigenvalue weighted by Gasteiger charge is -2.35. The van der Waals surface area contributed by atoms with Crippen molar-refractivity contribution in [2.75, 3.05) is 18.0 Å². The second-order valence-corrected chi connectivity index (χ2v) is 7.01. The average molecular weight is 334 g/mol. The van der Waals surface area contributed by atoms with Crippen molar-refractivity contribution < 1.29 is 14.3 Å². The Labute approximate surface area is 135 Å². The van der Waals surface area contributed by atoms with Crippen molar-refractivity contribution in [3.05, 3.63) is 23.5 Å². The molecule has 2 aromatic rings. The van der Waals surface area contributed by atoms with Gasteiger partial charge in [0.1, 0.15) is 5.52 Å². The summed E-state index contributed by atoms with van der Waals surface area (Å²) in [7, 11) is 0. The maximum atomic E-state index is 14.4. The van der Waals surface area contributed by atoms with E-state index in [-0.39, 0.29) is 17.9 Å². The van der Waals surface area contributed by atoms with Crippen molar-refractivity contribution in [1.29, 1.82) is 0 Å². The zero-order chi connectivity index (χ0) is 16.1. The Morgan fingerprint density at radius 1 is 1.43 bits per heavy atom. The molecule has 2 aliphatic heterocycles. The maximum absolute atomic E-state index is 14.4. The molecule has 2 N–H and O–H groups in total. The van der Waals surface area contributed by atoms with Gasteiger partial charge in [0.15, 0.2) is 10.9 Å². The Balaban J connectivity index is 1.73. The fourth-order valence-electron chi connectivity index (χ4n) is 2.87. The number of carbonyl (C=O) groups excluding carboxylic acids is 1. The van der Waals surface area contributed by atoms with Crippen molar-refractivity contribution in [3.8, 4) is 0 Å². The van der Waals surface area contributed by atoms with Crippen LogP contribution < -0.4 is 10.3 Å². The zero-order valence-corrected chi connectivity index (χ0v) is 13.2. The number of hydrogen-bond donors (Lipinski definition) is 2. The number of aromatic nitrogens is 1. The molecule has 23 heavy (non-hydrogen) atoms. The predicted molar refractivity (Wildman–Crippen MR) is 86.3 cm³/mol. The predicted octanol–water partition coefficient (Wildman–Crippen LogP) is 1.48. The molecule has 1 unspecified atom stereocenters. The number of nitrogens with zero attached hydrogens (tertiary/aromatic N) is 3. The monoisotopic (exact) mass is 334 g/mol. The largest absolute Gasteiger partial charge is 0.389 e. The Bertz CT molecular complexity index is 828. The van der Waals surface area contributed by atoms with Crippen LogP contribution in [0.15, 0.2) is 17.2 Å². The number of β-amino-alcohol motifs (C(OH)–C–C–N with tert-alkyl or cyclic N) is 1. The van der Waals surface area contributed by atoms with Gasteiger partial charge in [-0.15, -0.1) is 0 Å². The zero-order valence-electron chi connectivity index (χ0n) is 12.4. The number of benzene rings is 1. The second-order valence-electron chi connectivity index (χ2n) is 6.00. The molecule has 8 heteroatoms. The van der Waals surface area contributed by atoms with Gasteiger partial charge in [-0.3, -0.25) is 4.79 Å². The first kappa shape index (κ1) is 14.5. The molecule has 0 bridgehead atoms. The van der Waals surface area contributed by atoms with Crippen LogP contribution in [0, 0.1) is 11.7 Å². The third-order valence-corrected chi connectivity index (χ3v) is 5.19. The van der Waals surface area contributed by atoms with E-state index in [9.17, 15) is 14.3 Å². The van der Waals surface area contributed by atoms with Crippen LogP contribution in [0.5, 0.6) is 0 Å². The molecule has 3 heterocycles. The summed E-state index contributed by atoms with van der Waals surface area (Å²) in [6.45, 7) is 2.97. The van der Waals surface area contributed by atoms with E-state index in [0.717, 1.165) is 4.70 Å². The molecule has 4 rings (SSSR count). The van der Waals surface area contributed by atoms with Gasteiger partial charge in [-0.05, 0) is 12.1 Å². The van der Waals surface area contributed by atoms with E-state index in [0.29, 0.717) is 41.4 Å². The molecule has 120 valence electrons. The molecule has 1 amide bonds. The number of carbonyl (C=O) groups is 1. The summed E-state index contributed by atoms with van der Waals surface area (Å²) in [5.41, 5.74) is 4.14. The van der Waals surface area contributed by atoms with Crippen molar-refractivity contribution in [2.45, 2.75) is 19.4 Å². The van der Waals surface area contributed by atoms with Gasteiger partial charge in [-0.25, -0.2) is 14.8 Å². The molecule has 6 nitrogen and oxygen atoms in total. The van der Waals surface area contributed by atoms with Gasteiger partial charge in [0, 0.05) is 31.0 Å². The molecule has 1 aromatic carbocycles. The van der Waals surface area contributed by atoms with Gasteiger partial charge in [0.2, 0.25) is 5.91 Å². The van der Waals surface area contributed by atoms with Crippen molar-refractivity contribution in [1.82, 2.24) is 10.4 Å². The summed E-state index contributed by atoms with van der Waals surface area (Å²) >= 11 is 1.40. The first-order valence-corrected chi connectivity index (χ1v) is 8.23. The Morgan fingerprint density at radius 2 is 2.22 bits per heavy atom. The Hall–Kier alpha value is -2.06. The van der Waals surface area contributed by atoms with Crippen LogP contribution in [0.25, 0.3) is 10.2 Å². The van der Waals surface area contributed by atoms with E-state index in [4.69, 9.17) is 0 Å². The highest BCUT2D eigenvalue weighted by Gasteiger charge is 2.28. The number of aliphatic hydroxyl groups is 1. The third-order valence-electron chi connectivity index (χ3n) is 4.13. The topological polar surface area (TPSA) is 77.8 Å². The first-order valence-electron chi connectivity index (χ1n) is 7.41. The Morgan fingerprint density at radius 3 is 2.91 bits per heavy atom. The Kier molecular flexibility index (Phi) is 3.31. The van der Waals surface area contributed by atoms with Crippen LogP contribution in [0.1, 0.15) is 18.9 Å².